The fourth-order valence-electron chi connectivity index (χ4n) is 9.58. The van der Waals surface area contributed by atoms with Crippen molar-refractivity contribution in [1.82, 2.24) is 0 Å². The summed E-state index contributed by atoms with van der Waals surface area (Å²) >= 11 is 0. The molecular weight excluding hydrogens is 663 g/mol. The maximum absolute atomic E-state index is 2.50. The van der Waals surface area contributed by atoms with E-state index >= 15 is 0 Å². The van der Waals surface area contributed by atoms with Crippen molar-refractivity contribution in [2.75, 3.05) is 4.90 Å². The predicted octanol–water partition coefficient (Wildman–Crippen LogP) is 14.8. The van der Waals surface area contributed by atoms with Gasteiger partial charge in [0.1, 0.15) is 0 Å². The summed E-state index contributed by atoms with van der Waals surface area (Å²) in [6.07, 6.45) is 0. The van der Waals surface area contributed by atoms with Gasteiger partial charge in [0.25, 0.3) is 0 Å². The monoisotopic (exact) mass is 705 g/mol. The first-order valence-electron chi connectivity index (χ1n) is 19.4. The Kier molecular flexibility index (Phi) is 7.58. The van der Waals surface area contributed by atoms with E-state index in [2.05, 4.69) is 221 Å². The minimum Gasteiger partial charge on any atom is -0.310 e. The highest BCUT2D eigenvalue weighted by Gasteiger charge is 2.40. The number of fused-ring (bicyclic) bond motifs is 6. The fourth-order valence-corrected chi connectivity index (χ4v) is 9.58. The molecule has 0 atom stereocenters. The van der Waals surface area contributed by atoms with Gasteiger partial charge < -0.3 is 4.90 Å². The number of hydrogen-bond acceptors (Lipinski definition) is 1. The SMILES string of the molecule is CC1(C)c2ccccc2-c2ccc(N(c3ccc4c(c3)C(C)(C)c3c(-c5ccccc5)ccc(-c5ccccc5)c3-4)c3ccccc3-c3ccccc3)cc21. The summed E-state index contributed by atoms with van der Waals surface area (Å²) in [5.74, 6) is 0. The average molecular weight is 706 g/mol. The van der Waals surface area contributed by atoms with Crippen molar-refractivity contribution in [3.05, 3.63) is 210 Å². The summed E-state index contributed by atoms with van der Waals surface area (Å²) in [6.45, 7) is 9.57. The zero-order valence-electron chi connectivity index (χ0n) is 31.8. The smallest absolute Gasteiger partial charge is 0.0540 e. The maximum Gasteiger partial charge on any atom is 0.0540 e. The van der Waals surface area contributed by atoms with Crippen molar-refractivity contribution in [3.8, 4) is 55.6 Å². The Morgan fingerprint density at radius 1 is 0.327 bits per heavy atom. The molecule has 0 aromatic heterocycles. The van der Waals surface area contributed by atoms with Gasteiger partial charge in [0.15, 0.2) is 0 Å². The van der Waals surface area contributed by atoms with Crippen LogP contribution >= 0.6 is 0 Å². The van der Waals surface area contributed by atoms with Gasteiger partial charge in [0.05, 0.1) is 5.69 Å². The van der Waals surface area contributed by atoms with E-state index in [4.69, 9.17) is 0 Å². The van der Waals surface area contributed by atoms with Gasteiger partial charge in [-0.05, 0) is 103 Å². The first kappa shape index (κ1) is 33.2. The van der Waals surface area contributed by atoms with E-state index in [1.807, 2.05) is 0 Å². The third-order valence-corrected chi connectivity index (χ3v) is 12.3. The van der Waals surface area contributed by atoms with Crippen LogP contribution < -0.4 is 4.90 Å². The number of rotatable bonds is 6. The molecule has 0 saturated heterocycles. The fraction of sp³-hybridized carbons (Fsp3) is 0.111. The summed E-state index contributed by atoms with van der Waals surface area (Å²) in [4.78, 5) is 2.50. The molecule has 0 heterocycles. The van der Waals surface area contributed by atoms with Crippen molar-refractivity contribution in [3.63, 3.8) is 0 Å². The normalized spacial score (nSPS) is 14.1. The van der Waals surface area contributed by atoms with E-state index in [-0.39, 0.29) is 10.8 Å². The van der Waals surface area contributed by atoms with Gasteiger partial charge in [-0.3, -0.25) is 0 Å². The van der Waals surface area contributed by atoms with E-state index in [0.717, 1.165) is 17.1 Å². The van der Waals surface area contributed by atoms with E-state index in [0.29, 0.717) is 0 Å². The van der Waals surface area contributed by atoms with Crippen LogP contribution in [-0.2, 0) is 10.8 Å². The predicted molar refractivity (Wildman–Crippen MR) is 233 cm³/mol. The van der Waals surface area contributed by atoms with E-state index in [9.17, 15) is 0 Å². The largest absolute Gasteiger partial charge is 0.310 e. The minimum absolute atomic E-state index is 0.115. The van der Waals surface area contributed by atoms with Gasteiger partial charge >= 0.3 is 0 Å². The quantitative estimate of drug-likeness (QED) is 0.166. The van der Waals surface area contributed by atoms with Crippen LogP contribution in [0.4, 0.5) is 17.1 Å². The molecule has 1 heteroatoms. The summed E-state index contributed by atoms with van der Waals surface area (Å²) in [5, 5.41) is 0. The topological polar surface area (TPSA) is 3.24 Å². The van der Waals surface area contributed by atoms with Crippen LogP contribution in [0.2, 0.25) is 0 Å². The van der Waals surface area contributed by atoms with Crippen LogP contribution in [0.5, 0.6) is 0 Å². The minimum atomic E-state index is -0.261. The summed E-state index contributed by atoms with van der Waals surface area (Å²) in [5.41, 5.74) is 21.4. The van der Waals surface area contributed by atoms with Gasteiger partial charge in [-0.2, -0.15) is 0 Å². The van der Waals surface area contributed by atoms with Crippen LogP contribution in [0.3, 0.4) is 0 Å². The van der Waals surface area contributed by atoms with Gasteiger partial charge in [-0.25, -0.2) is 0 Å². The molecule has 8 aromatic rings. The molecule has 10 rings (SSSR count). The summed E-state index contributed by atoms with van der Waals surface area (Å²) < 4.78 is 0. The standard InChI is InChI=1S/C54H43N/c1-53(2)47-26-16-14-25-44(47)45-30-28-39(34-48(45)53)55(50-27-17-15-24-41(50)36-18-8-5-9-19-36)40-29-31-46-49(35-40)54(3,4)52-43(38-22-12-7-13-23-38)33-32-42(51(46)52)37-20-10-6-11-21-37/h5-35H,1-4H3. The Morgan fingerprint density at radius 3 is 1.40 bits per heavy atom. The second-order valence-corrected chi connectivity index (χ2v) is 16.1. The van der Waals surface area contributed by atoms with Crippen molar-refractivity contribution >= 4 is 17.1 Å². The Balaban J connectivity index is 1.21. The lowest BCUT2D eigenvalue weighted by Gasteiger charge is -2.31. The molecule has 0 N–H and O–H groups in total. The van der Waals surface area contributed by atoms with Gasteiger partial charge in [-0.15, -0.1) is 0 Å². The van der Waals surface area contributed by atoms with Crippen molar-refractivity contribution in [2.24, 2.45) is 0 Å². The molecule has 1 nitrogen and oxygen atoms in total. The Morgan fingerprint density at radius 2 is 0.764 bits per heavy atom. The second-order valence-electron chi connectivity index (χ2n) is 16.1. The molecule has 0 aliphatic heterocycles. The van der Waals surface area contributed by atoms with Crippen molar-refractivity contribution in [1.29, 1.82) is 0 Å². The highest BCUT2D eigenvalue weighted by Crippen LogP contribution is 2.57. The molecule has 8 aromatic carbocycles. The summed E-state index contributed by atoms with van der Waals surface area (Å²) in [7, 11) is 0. The lowest BCUT2D eigenvalue weighted by atomic mass is 9.77. The molecule has 0 radical (unpaired) electrons. The molecule has 55 heavy (non-hydrogen) atoms. The molecule has 2 aliphatic carbocycles. The highest BCUT2D eigenvalue weighted by atomic mass is 15.1. The Hall–Kier alpha value is -6.44. The highest BCUT2D eigenvalue weighted by molar-refractivity contribution is 5.99. The number of para-hydroxylation sites is 1. The lowest BCUT2D eigenvalue weighted by Crippen LogP contribution is -2.18. The van der Waals surface area contributed by atoms with E-state index in [1.165, 1.54) is 77.9 Å². The Bertz CT molecular complexity index is 2740. The molecule has 264 valence electrons. The molecule has 0 amide bonds. The van der Waals surface area contributed by atoms with Crippen LogP contribution in [0.25, 0.3) is 55.6 Å². The maximum atomic E-state index is 2.50. The van der Waals surface area contributed by atoms with E-state index < -0.39 is 0 Å². The molecular formula is C54H43N. The Labute approximate surface area is 325 Å². The number of nitrogens with zero attached hydrogens (tertiary/aromatic N) is 1. The first-order valence-corrected chi connectivity index (χ1v) is 19.4. The van der Waals surface area contributed by atoms with Gasteiger partial charge in [0.2, 0.25) is 0 Å². The van der Waals surface area contributed by atoms with Gasteiger partial charge in [-0.1, -0.05) is 185 Å². The van der Waals surface area contributed by atoms with Crippen LogP contribution in [0, 0.1) is 0 Å². The van der Waals surface area contributed by atoms with Gasteiger partial charge in [0, 0.05) is 27.8 Å². The molecule has 0 bridgehead atoms. The zero-order chi connectivity index (χ0) is 37.3. The van der Waals surface area contributed by atoms with Crippen molar-refractivity contribution < 1.29 is 0 Å². The van der Waals surface area contributed by atoms with Crippen LogP contribution in [0.15, 0.2) is 188 Å². The second kappa shape index (κ2) is 12.6. The number of anilines is 3. The molecule has 0 unspecified atom stereocenters. The molecule has 0 fully saturated rings. The molecule has 0 spiro atoms. The average Bonchev–Trinajstić information content (AvgIpc) is 3.61. The van der Waals surface area contributed by atoms with E-state index in [1.54, 1.807) is 0 Å². The molecule has 2 aliphatic rings. The number of benzene rings is 8. The zero-order valence-corrected chi connectivity index (χ0v) is 31.8. The lowest BCUT2D eigenvalue weighted by molar-refractivity contribution is 0.660. The first-order chi connectivity index (χ1) is 26.8. The van der Waals surface area contributed by atoms with Crippen molar-refractivity contribution in [2.45, 2.75) is 38.5 Å². The number of hydrogen-bond donors (Lipinski definition) is 0. The third-order valence-electron chi connectivity index (χ3n) is 12.3. The molecule has 0 saturated carbocycles. The third kappa shape index (κ3) is 5.14. The summed E-state index contributed by atoms with van der Waals surface area (Å²) in [6, 6.07) is 69.4. The van der Waals surface area contributed by atoms with Crippen LogP contribution in [0.1, 0.15) is 49.9 Å². The van der Waals surface area contributed by atoms with Crippen LogP contribution in [-0.4, -0.2) is 0 Å².